The molecule has 0 spiro atoms. The maximum absolute atomic E-state index is 12.2. The molecule has 2 amide bonds. The Hall–Kier alpha value is -2.91. The Labute approximate surface area is 163 Å². The number of rotatable bonds is 4. The Kier molecular flexibility index (Phi) is 5.14. The summed E-state index contributed by atoms with van der Waals surface area (Å²) in [5.74, 6) is 0. The molecule has 3 rings (SSSR count). The number of nitro benzene ring substituents is 1. The van der Waals surface area contributed by atoms with Crippen LogP contribution in [0.2, 0.25) is 0 Å². The van der Waals surface area contributed by atoms with Gasteiger partial charge in [0.1, 0.15) is 0 Å². The molecule has 0 aromatic heterocycles. The number of anilines is 2. The summed E-state index contributed by atoms with van der Waals surface area (Å²) in [6, 6.07) is 12.4. The van der Waals surface area contributed by atoms with Gasteiger partial charge in [0.2, 0.25) is 0 Å². The monoisotopic (exact) mass is 383 g/mol. The van der Waals surface area contributed by atoms with Gasteiger partial charge in [0, 0.05) is 23.5 Å². The van der Waals surface area contributed by atoms with Gasteiger partial charge in [-0.3, -0.25) is 10.1 Å². The molecule has 1 fully saturated rings. The Balaban J connectivity index is 1.66. The highest BCUT2D eigenvalue weighted by atomic mass is 16.7. The van der Waals surface area contributed by atoms with Gasteiger partial charge in [-0.2, -0.15) is 0 Å². The summed E-state index contributed by atoms with van der Waals surface area (Å²) < 4.78 is 12.1. The fourth-order valence-electron chi connectivity index (χ4n) is 2.70. The molecule has 9 heteroatoms. The van der Waals surface area contributed by atoms with E-state index in [2.05, 4.69) is 10.6 Å². The van der Waals surface area contributed by atoms with E-state index < -0.39 is 29.3 Å². The molecule has 1 heterocycles. The van der Waals surface area contributed by atoms with Gasteiger partial charge in [-0.25, -0.2) is 4.79 Å². The van der Waals surface area contributed by atoms with Crippen LogP contribution in [0.15, 0.2) is 48.5 Å². The molecule has 146 valence electrons. The van der Waals surface area contributed by atoms with E-state index in [1.165, 1.54) is 24.3 Å². The molecule has 0 atom stereocenters. The van der Waals surface area contributed by atoms with Crippen LogP contribution in [0.5, 0.6) is 0 Å². The largest absolute Gasteiger partial charge is 0.494 e. The lowest BCUT2D eigenvalue weighted by molar-refractivity contribution is -0.384. The van der Waals surface area contributed by atoms with Crippen molar-refractivity contribution in [1.29, 1.82) is 0 Å². The number of nitrogens with one attached hydrogen (secondary N) is 2. The van der Waals surface area contributed by atoms with E-state index in [0.717, 1.165) is 5.46 Å². The topological polar surface area (TPSA) is 103 Å². The van der Waals surface area contributed by atoms with Crippen molar-refractivity contribution in [3.63, 3.8) is 0 Å². The summed E-state index contributed by atoms with van der Waals surface area (Å²) in [4.78, 5) is 22.4. The first-order valence-corrected chi connectivity index (χ1v) is 8.85. The van der Waals surface area contributed by atoms with Crippen LogP contribution in [0.1, 0.15) is 27.7 Å². The Bertz CT molecular complexity index is 883. The summed E-state index contributed by atoms with van der Waals surface area (Å²) in [5, 5.41) is 16.1. The van der Waals surface area contributed by atoms with Crippen molar-refractivity contribution in [2.24, 2.45) is 0 Å². The lowest BCUT2D eigenvalue weighted by Crippen LogP contribution is -2.41. The predicted molar refractivity (Wildman–Crippen MR) is 108 cm³/mol. The third-order valence-electron chi connectivity index (χ3n) is 5.01. The molecule has 2 aromatic rings. The van der Waals surface area contributed by atoms with Crippen LogP contribution < -0.4 is 16.1 Å². The first-order valence-electron chi connectivity index (χ1n) is 8.85. The van der Waals surface area contributed by atoms with Gasteiger partial charge in [0.25, 0.3) is 5.69 Å². The summed E-state index contributed by atoms with van der Waals surface area (Å²) in [6.07, 6.45) is 0. The number of urea groups is 1. The molecule has 1 aliphatic heterocycles. The molecule has 0 radical (unpaired) electrons. The number of amides is 2. The fraction of sp³-hybridized carbons (Fsp3) is 0.316. The number of hydrogen-bond acceptors (Lipinski definition) is 5. The van der Waals surface area contributed by atoms with Crippen molar-refractivity contribution < 1.29 is 19.0 Å². The fourth-order valence-corrected chi connectivity index (χ4v) is 2.70. The van der Waals surface area contributed by atoms with Crippen molar-refractivity contribution in [3.05, 3.63) is 58.6 Å². The Morgan fingerprint density at radius 2 is 1.54 bits per heavy atom. The average molecular weight is 383 g/mol. The summed E-state index contributed by atoms with van der Waals surface area (Å²) in [5.41, 5.74) is 0.882. The molecular formula is C19H22BN3O5. The summed E-state index contributed by atoms with van der Waals surface area (Å²) >= 11 is 0. The Morgan fingerprint density at radius 3 is 2.11 bits per heavy atom. The third kappa shape index (κ3) is 4.15. The number of non-ortho nitro benzene ring substituents is 1. The number of hydrogen-bond donors (Lipinski definition) is 2. The van der Waals surface area contributed by atoms with Gasteiger partial charge in [0.05, 0.1) is 16.1 Å². The molecule has 0 aliphatic carbocycles. The zero-order chi connectivity index (χ0) is 20.5. The molecular weight excluding hydrogens is 361 g/mol. The van der Waals surface area contributed by atoms with Crippen LogP contribution in [0.4, 0.5) is 21.9 Å². The third-order valence-corrected chi connectivity index (χ3v) is 5.01. The highest BCUT2D eigenvalue weighted by molar-refractivity contribution is 6.62. The first kappa shape index (κ1) is 19.8. The summed E-state index contributed by atoms with van der Waals surface area (Å²) in [6.45, 7) is 7.92. The molecule has 2 aromatic carbocycles. The quantitative estimate of drug-likeness (QED) is 0.478. The van der Waals surface area contributed by atoms with Crippen LogP contribution in [-0.2, 0) is 9.31 Å². The second-order valence-electron chi connectivity index (χ2n) is 7.60. The van der Waals surface area contributed by atoms with Crippen LogP contribution in [0.3, 0.4) is 0 Å². The number of nitro groups is 1. The molecule has 0 bridgehead atoms. The second kappa shape index (κ2) is 7.25. The maximum atomic E-state index is 12.2. The van der Waals surface area contributed by atoms with Crippen molar-refractivity contribution in [1.82, 2.24) is 0 Å². The molecule has 2 N–H and O–H groups in total. The molecule has 8 nitrogen and oxygen atoms in total. The van der Waals surface area contributed by atoms with Gasteiger partial charge in [-0.15, -0.1) is 0 Å². The normalized spacial score (nSPS) is 17.2. The lowest BCUT2D eigenvalue weighted by Gasteiger charge is -2.32. The minimum atomic E-state index is -0.524. The number of carbonyl (C=O) groups is 1. The van der Waals surface area contributed by atoms with Crippen molar-refractivity contribution in [3.8, 4) is 0 Å². The van der Waals surface area contributed by atoms with Crippen LogP contribution >= 0.6 is 0 Å². The molecule has 0 saturated carbocycles. The minimum Gasteiger partial charge on any atom is -0.399 e. The first-order chi connectivity index (χ1) is 13.1. The van der Waals surface area contributed by atoms with E-state index in [0.29, 0.717) is 11.4 Å². The zero-order valence-corrected chi connectivity index (χ0v) is 16.2. The number of carbonyl (C=O) groups excluding carboxylic acids is 1. The van der Waals surface area contributed by atoms with E-state index in [1.54, 1.807) is 12.1 Å². The highest BCUT2D eigenvalue weighted by Gasteiger charge is 2.51. The van der Waals surface area contributed by atoms with Gasteiger partial charge in [-0.1, -0.05) is 12.1 Å². The summed E-state index contributed by atoms with van der Waals surface area (Å²) in [7, 11) is -0.524. The Morgan fingerprint density at radius 1 is 0.964 bits per heavy atom. The van der Waals surface area contributed by atoms with E-state index in [9.17, 15) is 14.9 Å². The SMILES string of the molecule is CC1(C)OB(c2cccc(NC(=O)Nc3ccc([N+](=O)[O-])cc3)c2)OC1(C)C. The van der Waals surface area contributed by atoms with Crippen molar-refractivity contribution in [2.45, 2.75) is 38.9 Å². The van der Waals surface area contributed by atoms with E-state index >= 15 is 0 Å². The van der Waals surface area contributed by atoms with Crippen molar-refractivity contribution in [2.75, 3.05) is 10.6 Å². The van der Waals surface area contributed by atoms with Gasteiger partial charge in [0.15, 0.2) is 0 Å². The van der Waals surface area contributed by atoms with E-state index in [-0.39, 0.29) is 5.69 Å². The predicted octanol–water partition coefficient (Wildman–Crippen LogP) is 3.54. The van der Waals surface area contributed by atoms with Gasteiger partial charge >= 0.3 is 13.1 Å². The van der Waals surface area contributed by atoms with Crippen LogP contribution in [0.25, 0.3) is 0 Å². The average Bonchev–Trinajstić information content (AvgIpc) is 2.83. The van der Waals surface area contributed by atoms with E-state index in [4.69, 9.17) is 9.31 Å². The molecule has 1 saturated heterocycles. The van der Waals surface area contributed by atoms with Crippen LogP contribution in [-0.4, -0.2) is 29.3 Å². The van der Waals surface area contributed by atoms with Crippen LogP contribution in [0, 0.1) is 10.1 Å². The maximum Gasteiger partial charge on any atom is 0.494 e. The van der Waals surface area contributed by atoms with Gasteiger partial charge in [-0.05, 0) is 57.4 Å². The number of nitrogens with zero attached hydrogens (tertiary/aromatic N) is 1. The number of benzene rings is 2. The van der Waals surface area contributed by atoms with E-state index in [1.807, 2.05) is 39.8 Å². The lowest BCUT2D eigenvalue weighted by atomic mass is 9.79. The van der Waals surface area contributed by atoms with Crippen molar-refractivity contribution >= 4 is 35.7 Å². The minimum absolute atomic E-state index is 0.0407. The highest BCUT2D eigenvalue weighted by Crippen LogP contribution is 2.36. The molecule has 1 aliphatic rings. The smallest absolute Gasteiger partial charge is 0.399 e. The second-order valence-corrected chi connectivity index (χ2v) is 7.60. The van der Waals surface area contributed by atoms with Gasteiger partial charge < -0.3 is 19.9 Å². The zero-order valence-electron chi connectivity index (χ0n) is 16.2. The molecule has 28 heavy (non-hydrogen) atoms. The molecule has 0 unspecified atom stereocenters. The standard InChI is InChI=1S/C19H22BN3O5/c1-18(2)19(3,4)28-20(27-18)13-6-5-7-15(12-13)22-17(24)21-14-8-10-16(11-9-14)23(25)26/h5-12H,1-4H3,(H2,21,22,24).